The Labute approximate surface area is 114 Å². The average Bonchev–Trinajstić information content (AvgIpc) is 2.79. The predicted octanol–water partition coefficient (Wildman–Crippen LogP) is 2.85. The second-order valence-electron chi connectivity index (χ2n) is 5.51. The SMILES string of the molecule is CC(NCCCNC(=O)OC(C)(C)C)c1ccoc1. The van der Waals surface area contributed by atoms with Crippen molar-refractivity contribution in [1.82, 2.24) is 10.6 Å². The van der Waals surface area contributed by atoms with Crippen molar-refractivity contribution in [3.05, 3.63) is 24.2 Å². The molecule has 0 radical (unpaired) electrons. The zero-order valence-electron chi connectivity index (χ0n) is 12.2. The first-order chi connectivity index (χ1) is 8.88. The van der Waals surface area contributed by atoms with E-state index in [4.69, 9.17) is 9.15 Å². The van der Waals surface area contributed by atoms with Crippen molar-refractivity contribution < 1.29 is 13.9 Å². The van der Waals surface area contributed by atoms with Gasteiger partial charge in [0.1, 0.15) is 5.60 Å². The standard InChI is InChI=1S/C14H24N2O3/c1-11(12-6-9-18-10-12)15-7-5-8-16-13(17)19-14(2,3)4/h6,9-11,15H,5,7-8H2,1-4H3,(H,16,17). The number of amides is 1. The lowest BCUT2D eigenvalue weighted by Crippen LogP contribution is -2.34. The number of carbonyl (C=O) groups is 1. The van der Waals surface area contributed by atoms with Crippen LogP contribution >= 0.6 is 0 Å². The smallest absolute Gasteiger partial charge is 0.407 e. The second-order valence-corrected chi connectivity index (χ2v) is 5.51. The topological polar surface area (TPSA) is 63.5 Å². The molecular weight excluding hydrogens is 244 g/mol. The highest BCUT2D eigenvalue weighted by Gasteiger charge is 2.15. The monoisotopic (exact) mass is 268 g/mol. The summed E-state index contributed by atoms with van der Waals surface area (Å²) >= 11 is 0. The first kappa shape index (κ1) is 15.6. The summed E-state index contributed by atoms with van der Waals surface area (Å²) in [5, 5.41) is 6.08. The average molecular weight is 268 g/mol. The maximum absolute atomic E-state index is 11.4. The van der Waals surface area contributed by atoms with Gasteiger partial charge in [0.05, 0.1) is 12.5 Å². The first-order valence-electron chi connectivity index (χ1n) is 6.61. The first-order valence-corrected chi connectivity index (χ1v) is 6.61. The van der Waals surface area contributed by atoms with Crippen LogP contribution in [0.2, 0.25) is 0 Å². The Bertz CT molecular complexity index is 369. The molecule has 108 valence electrons. The zero-order valence-corrected chi connectivity index (χ0v) is 12.2. The van der Waals surface area contributed by atoms with E-state index in [1.807, 2.05) is 26.8 Å². The highest BCUT2D eigenvalue weighted by Crippen LogP contribution is 2.11. The Morgan fingerprint density at radius 1 is 1.42 bits per heavy atom. The van der Waals surface area contributed by atoms with Crippen LogP contribution in [-0.2, 0) is 4.74 Å². The lowest BCUT2D eigenvalue weighted by Gasteiger charge is -2.19. The quantitative estimate of drug-likeness (QED) is 0.779. The number of nitrogens with one attached hydrogen (secondary N) is 2. The van der Waals surface area contributed by atoms with E-state index in [1.54, 1.807) is 12.5 Å². The maximum atomic E-state index is 11.4. The highest BCUT2D eigenvalue weighted by molar-refractivity contribution is 5.67. The number of carbonyl (C=O) groups excluding carboxylic acids is 1. The molecule has 0 saturated heterocycles. The van der Waals surface area contributed by atoms with Gasteiger partial charge in [0.2, 0.25) is 0 Å². The van der Waals surface area contributed by atoms with Crippen molar-refractivity contribution in [2.45, 2.75) is 45.8 Å². The molecule has 0 aliphatic heterocycles. The molecule has 1 aromatic rings. The molecule has 0 fully saturated rings. The lowest BCUT2D eigenvalue weighted by molar-refractivity contribution is 0.0527. The molecule has 0 aromatic carbocycles. The fourth-order valence-corrected chi connectivity index (χ4v) is 1.55. The van der Waals surface area contributed by atoms with E-state index >= 15 is 0 Å². The third kappa shape index (κ3) is 6.86. The van der Waals surface area contributed by atoms with Gasteiger partial charge in [-0.3, -0.25) is 0 Å². The molecule has 0 bridgehead atoms. The molecule has 2 N–H and O–H groups in total. The minimum absolute atomic E-state index is 0.250. The molecule has 1 atom stereocenters. The van der Waals surface area contributed by atoms with Crippen molar-refractivity contribution in [3.8, 4) is 0 Å². The summed E-state index contributed by atoms with van der Waals surface area (Å²) in [4.78, 5) is 11.4. The van der Waals surface area contributed by atoms with Crippen LogP contribution < -0.4 is 10.6 Å². The number of ether oxygens (including phenoxy) is 1. The molecule has 19 heavy (non-hydrogen) atoms. The van der Waals surface area contributed by atoms with Crippen LogP contribution in [0.25, 0.3) is 0 Å². The van der Waals surface area contributed by atoms with Crippen molar-refractivity contribution in [2.75, 3.05) is 13.1 Å². The second kappa shape index (κ2) is 7.19. The molecule has 1 heterocycles. The minimum atomic E-state index is -0.446. The van der Waals surface area contributed by atoms with Gasteiger partial charge >= 0.3 is 6.09 Å². The summed E-state index contributed by atoms with van der Waals surface area (Å²) in [7, 11) is 0. The Balaban J connectivity index is 2.07. The Hall–Kier alpha value is -1.49. The molecule has 1 amide bonds. The summed E-state index contributed by atoms with van der Waals surface area (Å²) in [6.07, 6.45) is 3.88. The van der Waals surface area contributed by atoms with Gasteiger partial charge in [-0.25, -0.2) is 4.79 Å². The van der Waals surface area contributed by atoms with Crippen LogP contribution in [-0.4, -0.2) is 24.8 Å². The summed E-state index contributed by atoms with van der Waals surface area (Å²) in [5.74, 6) is 0. The molecule has 1 aromatic heterocycles. The number of hydrogen-bond acceptors (Lipinski definition) is 4. The van der Waals surface area contributed by atoms with Gasteiger partial charge in [-0.2, -0.15) is 0 Å². The van der Waals surface area contributed by atoms with Crippen LogP contribution in [0.5, 0.6) is 0 Å². The molecule has 0 aliphatic carbocycles. The molecule has 5 heteroatoms. The summed E-state index contributed by atoms with van der Waals surface area (Å²) in [5.41, 5.74) is 0.679. The Morgan fingerprint density at radius 2 is 2.16 bits per heavy atom. The molecule has 1 rings (SSSR count). The van der Waals surface area contributed by atoms with Crippen LogP contribution in [0.1, 0.15) is 45.7 Å². The van der Waals surface area contributed by atoms with Gasteiger partial charge in [-0.05, 0) is 46.7 Å². The fraction of sp³-hybridized carbons (Fsp3) is 0.643. The van der Waals surface area contributed by atoms with Gasteiger partial charge in [0.15, 0.2) is 0 Å². The third-order valence-electron chi connectivity index (χ3n) is 2.52. The van der Waals surface area contributed by atoms with Crippen LogP contribution in [0.4, 0.5) is 4.79 Å². The van der Waals surface area contributed by atoms with E-state index in [9.17, 15) is 4.79 Å². The number of rotatable bonds is 6. The van der Waals surface area contributed by atoms with Crippen molar-refractivity contribution in [1.29, 1.82) is 0 Å². The Morgan fingerprint density at radius 3 is 2.74 bits per heavy atom. The largest absolute Gasteiger partial charge is 0.472 e. The van der Waals surface area contributed by atoms with Gasteiger partial charge < -0.3 is 19.8 Å². The molecule has 1 unspecified atom stereocenters. The number of alkyl carbamates (subject to hydrolysis) is 1. The van der Waals surface area contributed by atoms with E-state index in [0.29, 0.717) is 6.54 Å². The summed E-state index contributed by atoms with van der Waals surface area (Å²) < 4.78 is 10.2. The molecule has 0 aliphatic rings. The molecular formula is C14H24N2O3. The predicted molar refractivity (Wildman–Crippen MR) is 74.0 cm³/mol. The van der Waals surface area contributed by atoms with Crippen LogP contribution in [0.3, 0.4) is 0 Å². The van der Waals surface area contributed by atoms with E-state index in [2.05, 4.69) is 17.6 Å². The third-order valence-corrected chi connectivity index (χ3v) is 2.52. The van der Waals surface area contributed by atoms with Crippen molar-refractivity contribution >= 4 is 6.09 Å². The minimum Gasteiger partial charge on any atom is -0.472 e. The summed E-state index contributed by atoms with van der Waals surface area (Å²) in [6.45, 7) is 9.04. The molecule has 0 saturated carbocycles. The Kier molecular flexibility index (Phi) is 5.89. The van der Waals surface area contributed by atoms with Crippen molar-refractivity contribution in [2.24, 2.45) is 0 Å². The van der Waals surface area contributed by atoms with Gasteiger partial charge in [-0.1, -0.05) is 0 Å². The van der Waals surface area contributed by atoms with Crippen LogP contribution in [0, 0.1) is 0 Å². The van der Waals surface area contributed by atoms with Crippen molar-refractivity contribution in [3.63, 3.8) is 0 Å². The van der Waals surface area contributed by atoms with Gasteiger partial charge in [-0.15, -0.1) is 0 Å². The number of hydrogen-bond donors (Lipinski definition) is 2. The zero-order chi connectivity index (χ0) is 14.3. The van der Waals surface area contributed by atoms with E-state index in [0.717, 1.165) is 18.5 Å². The normalized spacial score (nSPS) is 13.1. The van der Waals surface area contributed by atoms with E-state index < -0.39 is 5.60 Å². The maximum Gasteiger partial charge on any atom is 0.407 e. The highest BCUT2D eigenvalue weighted by atomic mass is 16.6. The fourth-order valence-electron chi connectivity index (χ4n) is 1.55. The van der Waals surface area contributed by atoms with Gasteiger partial charge in [0.25, 0.3) is 0 Å². The number of furan rings is 1. The van der Waals surface area contributed by atoms with E-state index in [1.165, 1.54) is 0 Å². The lowest BCUT2D eigenvalue weighted by atomic mass is 10.2. The van der Waals surface area contributed by atoms with E-state index in [-0.39, 0.29) is 12.1 Å². The molecule has 5 nitrogen and oxygen atoms in total. The summed E-state index contributed by atoms with van der Waals surface area (Å²) in [6, 6.07) is 2.19. The van der Waals surface area contributed by atoms with Gasteiger partial charge in [0, 0.05) is 18.2 Å². The van der Waals surface area contributed by atoms with Crippen LogP contribution in [0.15, 0.2) is 23.0 Å². The molecule has 0 spiro atoms.